The summed E-state index contributed by atoms with van der Waals surface area (Å²) in [5, 5.41) is 8.87. The van der Waals surface area contributed by atoms with E-state index in [1.165, 1.54) is 59.3 Å². The van der Waals surface area contributed by atoms with Crippen LogP contribution in [0.2, 0.25) is 0 Å². The third-order valence-electron chi connectivity index (χ3n) is 7.68. The molecule has 0 fully saturated rings. The highest BCUT2D eigenvalue weighted by Gasteiger charge is 2.11. The van der Waals surface area contributed by atoms with E-state index >= 15 is 0 Å². The van der Waals surface area contributed by atoms with Crippen LogP contribution in [-0.4, -0.2) is 4.98 Å². The van der Waals surface area contributed by atoms with Gasteiger partial charge in [0.05, 0.1) is 10.2 Å². The number of fused-ring (bicyclic) bond motifs is 7. The van der Waals surface area contributed by atoms with Gasteiger partial charge in [0.25, 0.3) is 0 Å². The van der Waals surface area contributed by atoms with Crippen molar-refractivity contribution in [1.29, 1.82) is 0 Å². The number of rotatable bonds is 3. The first-order valence-corrected chi connectivity index (χ1v) is 14.0. The van der Waals surface area contributed by atoms with Crippen molar-refractivity contribution >= 4 is 53.9 Å². The molecule has 182 valence electrons. The lowest BCUT2D eigenvalue weighted by Crippen LogP contribution is -1.86. The van der Waals surface area contributed by atoms with Gasteiger partial charge in [-0.2, -0.15) is 0 Å². The molecule has 8 rings (SSSR count). The minimum atomic E-state index is 1.06. The normalized spacial score (nSPS) is 11.6. The SMILES string of the molecule is c1cc(-c2cccc(-c3nc4ccccc4s3)c2)cc(-c2ccc3c4ccccc4c4ccccc4c3c2)c1. The van der Waals surface area contributed by atoms with Gasteiger partial charge in [0, 0.05) is 5.56 Å². The number of para-hydroxylation sites is 1. The molecule has 0 saturated carbocycles. The second-order valence-electron chi connectivity index (χ2n) is 10.00. The van der Waals surface area contributed by atoms with Crippen molar-refractivity contribution in [2.24, 2.45) is 0 Å². The number of thiazole rings is 1. The maximum absolute atomic E-state index is 4.88. The van der Waals surface area contributed by atoms with Gasteiger partial charge in [-0.25, -0.2) is 4.98 Å². The summed E-state index contributed by atoms with van der Waals surface area (Å²) in [5.41, 5.74) is 7.07. The summed E-state index contributed by atoms with van der Waals surface area (Å²) >= 11 is 1.75. The Morgan fingerprint density at radius 1 is 0.359 bits per heavy atom. The summed E-state index contributed by atoms with van der Waals surface area (Å²) in [4.78, 5) is 4.88. The Morgan fingerprint density at radius 3 is 1.49 bits per heavy atom. The van der Waals surface area contributed by atoms with Crippen molar-refractivity contribution in [2.45, 2.75) is 0 Å². The highest BCUT2D eigenvalue weighted by Crippen LogP contribution is 2.38. The molecule has 0 bridgehead atoms. The number of hydrogen-bond donors (Lipinski definition) is 0. The molecule has 0 amide bonds. The molecule has 0 spiro atoms. The largest absolute Gasteiger partial charge is 0.236 e. The molecule has 0 saturated heterocycles. The average Bonchev–Trinajstić information content (AvgIpc) is 3.46. The third kappa shape index (κ3) is 3.72. The smallest absolute Gasteiger partial charge is 0.124 e. The fourth-order valence-corrected chi connectivity index (χ4v) is 6.75. The van der Waals surface area contributed by atoms with Gasteiger partial charge in [-0.05, 0) is 84.9 Å². The molecule has 0 N–H and O–H groups in total. The number of aromatic nitrogens is 1. The van der Waals surface area contributed by atoms with Crippen LogP contribution in [0.3, 0.4) is 0 Å². The fourth-order valence-electron chi connectivity index (χ4n) is 5.79. The zero-order valence-corrected chi connectivity index (χ0v) is 22.0. The number of hydrogen-bond acceptors (Lipinski definition) is 2. The van der Waals surface area contributed by atoms with Crippen LogP contribution in [0.5, 0.6) is 0 Å². The molecule has 7 aromatic carbocycles. The van der Waals surface area contributed by atoms with Gasteiger partial charge in [-0.3, -0.25) is 0 Å². The molecule has 0 aliphatic rings. The van der Waals surface area contributed by atoms with Gasteiger partial charge >= 0.3 is 0 Å². The lowest BCUT2D eigenvalue weighted by Gasteiger charge is -2.12. The first-order chi connectivity index (χ1) is 19.3. The minimum absolute atomic E-state index is 1.06. The lowest BCUT2D eigenvalue weighted by atomic mass is 9.91. The molecule has 0 aliphatic heterocycles. The monoisotopic (exact) mass is 513 g/mol. The van der Waals surface area contributed by atoms with Crippen LogP contribution < -0.4 is 0 Å². The standard InChI is InChI=1S/C37H23NS/c1-2-15-31-29(13-1)30-14-3-4-16-32(30)34-23-27(19-20-33(31)34)25-10-7-9-24(21-25)26-11-8-12-28(22-26)37-38-35-17-5-6-18-36(35)39-37/h1-23H. The summed E-state index contributed by atoms with van der Waals surface area (Å²) in [5.74, 6) is 0. The highest BCUT2D eigenvalue weighted by atomic mass is 32.1. The zero-order chi connectivity index (χ0) is 25.8. The molecule has 0 unspecified atom stereocenters. The summed E-state index contributed by atoms with van der Waals surface area (Å²) in [6.45, 7) is 0. The summed E-state index contributed by atoms with van der Waals surface area (Å²) in [6.07, 6.45) is 0. The molecular formula is C37H23NS. The molecule has 1 nitrogen and oxygen atoms in total. The molecule has 0 atom stereocenters. The van der Waals surface area contributed by atoms with Gasteiger partial charge < -0.3 is 0 Å². The fraction of sp³-hybridized carbons (Fsp3) is 0. The van der Waals surface area contributed by atoms with Crippen molar-refractivity contribution in [3.8, 4) is 32.8 Å². The molecule has 2 heteroatoms. The van der Waals surface area contributed by atoms with Crippen molar-refractivity contribution in [1.82, 2.24) is 4.98 Å². The van der Waals surface area contributed by atoms with Gasteiger partial charge in [0.15, 0.2) is 0 Å². The number of benzene rings is 7. The molecule has 1 aromatic heterocycles. The molecule has 8 aromatic rings. The Kier molecular flexibility index (Phi) is 5.07. The Morgan fingerprint density at radius 2 is 0.846 bits per heavy atom. The van der Waals surface area contributed by atoms with E-state index in [1.54, 1.807) is 11.3 Å². The lowest BCUT2D eigenvalue weighted by molar-refractivity contribution is 1.47. The van der Waals surface area contributed by atoms with Crippen LogP contribution >= 0.6 is 11.3 Å². The first-order valence-electron chi connectivity index (χ1n) is 13.2. The Balaban J connectivity index is 1.24. The second kappa shape index (κ2) is 8.90. The molecule has 0 aliphatic carbocycles. The van der Waals surface area contributed by atoms with Crippen LogP contribution in [0.1, 0.15) is 0 Å². The van der Waals surface area contributed by atoms with E-state index in [-0.39, 0.29) is 0 Å². The Bertz CT molecular complexity index is 2120. The van der Waals surface area contributed by atoms with Crippen molar-refractivity contribution < 1.29 is 0 Å². The van der Waals surface area contributed by atoms with Crippen LogP contribution in [0.4, 0.5) is 0 Å². The summed E-state index contributed by atoms with van der Waals surface area (Å²) in [6, 6.07) is 50.4. The molecule has 39 heavy (non-hydrogen) atoms. The third-order valence-corrected chi connectivity index (χ3v) is 8.76. The van der Waals surface area contributed by atoms with E-state index in [2.05, 4.69) is 133 Å². The van der Waals surface area contributed by atoms with Crippen LogP contribution in [0, 0.1) is 0 Å². The van der Waals surface area contributed by atoms with Crippen molar-refractivity contribution in [2.75, 3.05) is 0 Å². The minimum Gasteiger partial charge on any atom is -0.236 e. The topological polar surface area (TPSA) is 12.9 Å². The van der Waals surface area contributed by atoms with Gasteiger partial charge in [0.2, 0.25) is 0 Å². The maximum atomic E-state index is 4.88. The van der Waals surface area contributed by atoms with E-state index < -0.39 is 0 Å². The first kappa shape index (κ1) is 22.2. The quantitative estimate of drug-likeness (QED) is 0.214. The summed E-state index contributed by atoms with van der Waals surface area (Å²) < 4.78 is 1.22. The van der Waals surface area contributed by atoms with Crippen LogP contribution in [-0.2, 0) is 0 Å². The number of nitrogens with zero attached hydrogens (tertiary/aromatic N) is 1. The van der Waals surface area contributed by atoms with E-state index in [9.17, 15) is 0 Å². The van der Waals surface area contributed by atoms with E-state index in [0.29, 0.717) is 0 Å². The predicted molar refractivity (Wildman–Crippen MR) is 168 cm³/mol. The van der Waals surface area contributed by atoms with Gasteiger partial charge in [-0.15, -0.1) is 11.3 Å². The molecule has 0 radical (unpaired) electrons. The second-order valence-corrected chi connectivity index (χ2v) is 11.0. The van der Waals surface area contributed by atoms with Crippen LogP contribution in [0.25, 0.3) is 75.4 Å². The van der Waals surface area contributed by atoms with Gasteiger partial charge in [-0.1, -0.05) is 109 Å². The average molecular weight is 514 g/mol. The predicted octanol–water partition coefficient (Wildman–Crippen LogP) is 10.8. The van der Waals surface area contributed by atoms with E-state index in [1.807, 2.05) is 6.07 Å². The van der Waals surface area contributed by atoms with Crippen molar-refractivity contribution in [3.63, 3.8) is 0 Å². The Hall–Kier alpha value is -4.79. The summed E-state index contributed by atoms with van der Waals surface area (Å²) in [7, 11) is 0. The van der Waals surface area contributed by atoms with E-state index in [4.69, 9.17) is 4.98 Å². The Labute approximate surface area is 230 Å². The molecular weight excluding hydrogens is 490 g/mol. The van der Waals surface area contributed by atoms with Crippen LogP contribution in [0.15, 0.2) is 140 Å². The van der Waals surface area contributed by atoms with Gasteiger partial charge in [0.1, 0.15) is 5.01 Å². The molecule has 1 heterocycles. The van der Waals surface area contributed by atoms with E-state index in [0.717, 1.165) is 16.1 Å². The maximum Gasteiger partial charge on any atom is 0.124 e. The highest BCUT2D eigenvalue weighted by molar-refractivity contribution is 7.21. The van der Waals surface area contributed by atoms with Crippen molar-refractivity contribution in [3.05, 3.63) is 140 Å². The zero-order valence-electron chi connectivity index (χ0n) is 21.1.